The number of fused-ring (bicyclic) bond motifs is 1. The first-order valence-corrected chi connectivity index (χ1v) is 6.90. The highest BCUT2D eigenvalue weighted by atomic mass is 16.5. The van der Waals surface area contributed by atoms with Gasteiger partial charge in [-0.25, -0.2) is 14.8 Å². The molecular weight excluding hydrogens is 284 g/mol. The van der Waals surface area contributed by atoms with Gasteiger partial charge in [0.2, 0.25) is 0 Å². The van der Waals surface area contributed by atoms with Crippen LogP contribution in [0.4, 0.5) is 0 Å². The molecule has 114 valence electrons. The number of pyridine rings is 1. The van der Waals surface area contributed by atoms with Crippen LogP contribution in [0.2, 0.25) is 0 Å². The highest BCUT2D eigenvalue weighted by molar-refractivity contribution is 5.89. The van der Waals surface area contributed by atoms with Gasteiger partial charge in [0.25, 0.3) is 0 Å². The van der Waals surface area contributed by atoms with Crippen LogP contribution in [-0.4, -0.2) is 34.0 Å². The van der Waals surface area contributed by atoms with Gasteiger partial charge in [-0.15, -0.1) is 0 Å². The van der Waals surface area contributed by atoms with Crippen molar-refractivity contribution in [2.45, 2.75) is 13.0 Å². The first kappa shape index (κ1) is 14.3. The van der Waals surface area contributed by atoms with E-state index >= 15 is 0 Å². The second-order valence-electron chi connectivity index (χ2n) is 4.79. The Kier molecular flexibility index (Phi) is 4.15. The number of imidazole rings is 1. The smallest absolute Gasteiger partial charge is 0.339 e. The first-order chi connectivity index (χ1) is 10.8. The maximum absolute atomic E-state index is 11.6. The van der Waals surface area contributed by atoms with Crippen molar-refractivity contribution < 1.29 is 13.9 Å². The van der Waals surface area contributed by atoms with Crippen LogP contribution in [-0.2, 0) is 17.7 Å². The zero-order valence-corrected chi connectivity index (χ0v) is 12.2. The second kappa shape index (κ2) is 6.40. The number of nitrogens with zero attached hydrogens (tertiary/aromatic N) is 3. The molecule has 0 aliphatic carbocycles. The Bertz CT molecular complexity index is 764. The Labute approximate surface area is 126 Å². The van der Waals surface area contributed by atoms with Crippen molar-refractivity contribution in [1.82, 2.24) is 19.7 Å². The Balaban J connectivity index is 1.66. The van der Waals surface area contributed by atoms with E-state index < -0.39 is 0 Å². The summed E-state index contributed by atoms with van der Waals surface area (Å²) in [4.78, 5) is 20.0. The fraction of sp³-hybridized carbons (Fsp3) is 0.267. The van der Waals surface area contributed by atoms with Gasteiger partial charge in [-0.1, -0.05) is 0 Å². The van der Waals surface area contributed by atoms with Crippen LogP contribution in [0, 0.1) is 0 Å². The molecule has 0 unspecified atom stereocenters. The third kappa shape index (κ3) is 2.99. The fourth-order valence-electron chi connectivity index (χ4n) is 2.19. The van der Waals surface area contributed by atoms with Crippen LogP contribution in [0.3, 0.4) is 0 Å². The van der Waals surface area contributed by atoms with Gasteiger partial charge in [-0.2, -0.15) is 0 Å². The second-order valence-corrected chi connectivity index (χ2v) is 4.79. The molecule has 7 heteroatoms. The summed E-state index contributed by atoms with van der Waals surface area (Å²) in [5, 5.41) is 3.32. The number of aromatic nitrogens is 3. The van der Waals surface area contributed by atoms with E-state index in [9.17, 15) is 4.79 Å². The monoisotopic (exact) mass is 300 g/mol. The molecule has 3 aromatic rings. The molecule has 0 bridgehead atoms. The summed E-state index contributed by atoms with van der Waals surface area (Å²) in [5.74, 6) is -0.361. The van der Waals surface area contributed by atoms with Crippen molar-refractivity contribution in [2.24, 2.45) is 0 Å². The van der Waals surface area contributed by atoms with Gasteiger partial charge in [0, 0.05) is 25.7 Å². The average molecular weight is 300 g/mol. The van der Waals surface area contributed by atoms with Crippen LogP contribution < -0.4 is 5.32 Å². The molecule has 0 aliphatic rings. The molecule has 22 heavy (non-hydrogen) atoms. The molecule has 0 spiro atoms. The van der Waals surface area contributed by atoms with Gasteiger partial charge in [0.05, 0.1) is 30.3 Å². The topological polar surface area (TPSA) is 81.7 Å². The minimum Gasteiger partial charge on any atom is -0.465 e. The summed E-state index contributed by atoms with van der Waals surface area (Å²) < 4.78 is 11.5. The highest BCUT2D eigenvalue weighted by Gasteiger charge is 2.09. The predicted octanol–water partition coefficient (Wildman–Crippen LogP) is 1.44. The Morgan fingerprint density at radius 1 is 1.41 bits per heavy atom. The molecule has 3 heterocycles. The molecule has 0 fully saturated rings. The van der Waals surface area contributed by atoms with E-state index in [1.807, 2.05) is 4.40 Å². The predicted molar refractivity (Wildman–Crippen MR) is 78.4 cm³/mol. The summed E-state index contributed by atoms with van der Waals surface area (Å²) in [7, 11) is 1.37. The molecule has 0 aliphatic heterocycles. The van der Waals surface area contributed by atoms with Gasteiger partial charge in [0.1, 0.15) is 11.9 Å². The standard InChI is InChI=1S/C15H16N4O3/c1-21-15(20)11-2-3-14-17-7-13(19(14)8-11)6-16-5-4-12-9-22-10-18-12/h2-3,7-10,16H,4-6H2,1H3. The van der Waals surface area contributed by atoms with Crippen LogP contribution in [0.15, 0.2) is 41.6 Å². The molecular formula is C15H16N4O3. The zero-order valence-electron chi connectivity index (χ0n) is 12.2. The summed E-state index contributed by atoms with van der Waals surface area (Å²) >= 11 is 0. The molecule has 0 aromatic carbocycles. The lowest BCUT2D eigenvalue weighted by molar-refractivity contribution is 0.0600. The lowest BCUT2D eigenvalue weighted by Gasteiger charge is -2.05. The number of ether oxygens (including phenoxy) is 1. The Hall–Kier alpha value is -2.67. The molecule has 3 aromatic heterocycles. The number of hydrogen-bond acceptors (Lipinski definition) is 6. The molecule has 0 atom stereocenters. The van der Waals surface area contributed by atoms with Crippen LogP contribution >= 0.6 is 0 Å². The van der Waals surface area contributed by atoms with Crippen molar-refractivity contribution in [1.29, 1.82) is 0 Å². The van der Waals surface area contributed by atoms with E-state index in [1.165, 1.54) is 13.5 Å². The van der Waals surface area contributed by atoms with Crippen molar-refractivity contribution >= 4 is 11.6 Å². The Morgan fingerprint density at radius 2 is 2.32 bits per heavy atom. The largest absolute Gasteiger partial charge is 0.465 e. The lowest BCUT2D eigenvalue weighted by atomic mass is 10.3. The zero-order chi connectivity index (χ0) is 15.4. The number of methoxy groups -OCH3 is 1. The quantitative estimate of drug-likeness (QED) is 0.548. The number of oxazole rings is 1. The van der Waals surface area contributed by atoms with Crippen LogP contribution in [0.1, 0.15) is 21.7 Å². The van der Waals surface area contributed by atoms with E-state index in [1.54, 1.807) is 30.8 Å². The summed E-state index contributed by atoms with van der Waals surface area (Å²) in [6, 6.07) is 3.50. The summed E-state index contributed by atoms with van der Waals surface area (Å²) in [6.07, 6.45) is 7.38. The molecule has 0 saturated heterocycles. The third-order valence-corrected chi connectivity index (χ3v) is 3.35. The van der Waals surface area contributed by atoms with Crippen molar-refractivity contribution in [3.8, 4) is 0 Å². The highest BCUT2D eigenvalue weighted by Crippen LogP contribution is 2.10. The number of esters is 1. The number of nitrogens with one attached hydrogen (secondary N) is 1. The first-order valence-electron chi connectivity index (χ1n) is 6.90. The molecule has 3 rings (SSSR count). The van der Waals surface area contributed by atoms with Crippen molar-refractivity contribution in [3.05, 3.63) is 54.1 Å². The third-order valence-electron chi connectivity index (χ3n) is 3.35. The van der Waals surface area contributed by atoms with Gasteiger partial charge in [-0.3, -0.25) is 0 Å². The van der Waals surface area contributed by atoms with Gasteiger partial charge < -0.3 is 18.9 Å². The van der Waals surface area contributed by atoms with E-state index in [2.05, 4.69) is 15.3 Å². The average Bonchev–Trinajstić information content (AvgIpc) is 3.20. The number of carbonyl (C=O) groups excluding carboxylic acids is 1. The van der Waals surface area contributed by atoms with Gasteiger partial charge in [0.15, 0.2) is 6.39 Å². The minimum atomic E-state index is -0.361. The summed E-state index contributed by atoms with van der Waals surface area (Å²) in [6.45, 7) is 1.42. The molecule has 7 nitrogen and oxygen atoms in total. The molecule has 1 N–H and O–H groups in total. The van der Waals surface area contributed by atoms with E-state index in [0.29, 0.717) is 12.1 Å². The minimum absolute atomic E-state index is 0.361. The van der Waals surface area contributed by atoms with Crippen LogP contribution in [0.5, 0.6) is 0 Å². The van der Waals surface area contributed by atoms with Crippen molar-refractivity contribution in [3.63, 3.8) is 0 Å². The SMILES string of the molecule is COC(=O)c1ccc2ncc(CNCCc3cocn3)n2c1. The van der Waals surface area contributed by atoms with Crippen LogP contribution in [0.25, 0.3) is 5.65 Å². The number of hydrogen-bond donors (Lipinski definition) is 1. The number of carbonyl (C=O) groups is 1. The lowest BCUT2D eigenvalue weighted by Crippen LogP contribution is -2.18. The molecule has 0 amide bonds. The Morgan fingerprint density at radius 3 is 3.09 bits per heavy atom. The van der Waals surface area contributed by atoms with E-state index in [4.69, 9.17) is 9.15 Å². The molecule has 0 radical (unpaired) electrons. The molecule has 0 saturated carbocycles. The van der Waals surface area contributed by atoms with Gasteiger partial charge >= 0.3 is 5.97 Å². The maximum atomic E-state index is 11.6. The summed E-state index contributed by atoms with van der Waals surface area (Å²) in [5.41, 5.74) is 3.18. The van der Waals surface area contributed by atoms with Crippen molar-refractivity contribution in [2.75, 3.05) is 13.7 Å². The van der Waals surface area contributed by atoms with E-state index in [0.717, 1.165) is 30.0 Å². The number of rotatable bonds is 6. The fourth-order valence-corrected chi connectivity index (χ4v) is 2.19. The maximum Gasteiger partial charge on any atom is 0.339 e. The van der Waals surface area contributed by atoms with Gasteiger partial charge in [-0.05, 0) is 12.1 Å². The van der Waals surface area contributed by atoms with E-state index in [-0.39, 0.29) is 5.97 Å². The normalized spacial score (nSPS) is 11.0.